The van der Waals surface area contributed by atoms with Gasteiger partial charge < -0.3 is 20.3 Å². The van der Waals surface area contributed by atoms with E-state index in [1.54, 1.807) is 7.11 Å². The Kier molecular flexibility index (Phi) is 7.30. The van der Waals surface area contributed by atoms with E-state index in [1.165, 1.54) is 0 Å². The minimum atomic E-state index is -0.169. The van der Waals surface area contributed by atoms with Crippen LogP contribution in [-0.4, -0.2) is 88.3 Å². The van der Waals surface area contributed by atoms with E-state index < -0.39 is 0 Å². The molecule has 0 bridgehead atoms. The fraction of sp³-hybridized carbons (Fsp3) is 0.923. The van der Waals surface area contributed by atoms with Gasteiger partial charge in [-0.2, -0.15) is 0 Å². The lowest BCUT2D eigenvalue weighted by atomic mass is 10.1. The smallest absolute Gasteiger partial charge is 0.236 e. The summed E-state index contributed by atoms with van der Waals surface area (Å²) in [5.41, 5.74) is 0. The van der Waals surface area contributed by atoms with Crippen LogP contribution in [-0.2, 0) is 9.53 Å². The minimum absolute atomic E-state index is 0.0314. The summed E-state index contributed by atoms with van der Waals surface area (Å²) in [5.74, 6) is 0.0314. The number of ether oxygens (including phenoxy) is 1. The molecule has 1 rings (SSSR count). The average Bonchev–Trinajstić information content (AvgIpc) is 2.39. The van der Waals surface area contributed by atoms with Crippen LogP contribution in [0.4, 0.5) is 0 Å². The number of methoxy groups -OCH3 is 1. The van der Waals surface area contributed by atoms with E-state index in [0.717, 1.165) is 26.2 Å². The molecule has 0 spiro atoms. The van der Waals surface area contributed by atoms with Gasteiger partial charge >= 0.3 is 0 Å². The molecule has 0 aromatic carbocycles. The highest BCUT2D eigenvalue weighted by Gasteiger charge is 2.23. The van der Waals surface area contributed by atoms with Crippen molar-refractivity contribution >= 4 is 5.91 Å². The Bertz CT molecular complexity index is 275. The molecule has 6 nitrogen and oxygen atoms in total. The monoisotopic (exact) mass is 272 g/mol. The molecule has 6 heteroatoms. The van der Waals surface area contributed by atoms with Crippen molar-refractivity contribution < 1.29 is 9.53 Å². The van der Waals surface area contributed by atoms with Gasteiger partial charge in [0.1, 0.15) is 0 Å². The molecule has 0 aromatic heterocycles. The summed E-state index contributed by atoms with van der Waals surface area (Å²) in [7, 11) is 5.91. The Balaban J connectivity index is 2.24. The van der Waals surface area contributed by atoms with E-state index in [1.807, 2.05) is 6.92 Å². The Morgan fingerprint density at radius 1 is 1.42 bits per heavy atom. The highest BCUT2D eigenvalue weighted by Crippen LogP contribution is 2.04. The van der Waals surface area contributed by atoms with Crippen LogP contribution in [0.15, 0.2) is 0 Å². The number of nitrogens with zero attached hydrogens (tertiary/aromatic N) is 2. The number of hydrogen-bond donors (Lipinski definition) is 2. The highest BCUT2D eigenvalue weighted by atomic mass is 16.5. The van der Waals surface area contributed by atoms with Crippen molar-refractivity contribution in [2.24, 2.45) is 0 Å². The number of piperazine rings is 1. The molecule has 1 fully saturated rings. The van der Waals surface area contributed by atoms with Gasteiger partial charge in [-0.25, -0.2) is 0 Å². The van der Waals surface area contributed by atoms with Gasteiger partial charge in [-0.05, 0) is 21.0 Å². The van der Waals surface area contributed by atoms with E-state index >= 15 is 0 Å². The zero-order valence-corrected chi connectivity index (χ0v) is 12.6. The number of carbonyl (C=O) groups excluding carboxylic acids is 1. The maximum Gasteiger partial charge on any atom is 0.236 e. The van der Waals surface area contributed by atoms with Gasteiger partial charge in [0.05, 0.1) is 12.6 Å². The first-order chi connectivity index (χ1) is 9.04. The summed E-state index contributed by atoms with van der Waals surface area (Å²) < 4.78 is 4.91. The zero-order chi connectivity index (χ0) is 14.3. The minimum Gasteiger partial charge on any atom is -0.383 e. The number of carbonyl (C=O) groups is 1. The molecule has 1 heterocycles. The molecule has 2 atom stereocenters. The summed E-state index contributed by atoms with van der Waals surface area (Å²) >= 11 is 0. The highest BCUT2D eigenvalue weighted by molar-refractivity contribution is 5.81. The normalized spacial score (nSPS) is 23.3. The zero-order valence-electron chi connectivity index (χ0n) is 12.6. The van der Waals surface area contributed by atoms with Gasteiger partial charge in [-0.15, -0.1) is 0 Å². The second-order valence-electron chi connectivity index (χ2n) is 5.31. The Morgan fingerprint density at radius 3 is 2.84 bits per heavy atom. The molecule has 0 radical (unpaired) electrons. The lowest BCUT2D eigenvalue weighted by Crippen LogP contribution is -2.56. The molecule has 112 valence electrons. The number of amides is 1. The number of likely N-dealkylation sites (N-methyl/N-ethyl adjacent to an activating group) is 2. The van der Waals surface area contributed by atoms with Crippen molar-refractivity contribution in [3.8, 4) is 0 Å². The van der Waals surface area contributed by atoms with E-state index in [0.29, 0.717) is 19.2 Å². The third-order valence-electron chi connectivity index (χ3n) is 3.64. The van der Waals surface area contributed by atoms with Crippen molar-refractivity contribution in [2.75, 3.05) is 60.5 Å². The second-order valence-corrected chi connectivity index (χ2v) is 5.31. The van der Waals surface area contributed by atoms with Crippen LogP contribution in [0.5, 0.6) is 0 Å². The van der Waals surface area contributed by atoms with Crippen molar-refractivity contribution in [3.05, 3.63) is 0 Å². The van der Waals surface area contributed by atoms with Crippen LogP contribution in [0, 0.1) is 0 Å². The summed E-state index contributed by atoms with van der Waals surface area (Å²) in [6.45, 7) is 7.08. The molecule has 0 saturated carbocycles. The SMILES string of the molecule is COCCNC(=O)C(C)NCC1CN(C)CCN1C. The average molecular weight is 272 g/mol. The van der Waals surface area contributed by atoms with Gasteiger partial charge in [-0.3, -0.25) is 9.69 Å². The molecule has 19 heavy (non-hydrogen) atoms. The second kappa shape index (κ2) is 8.47. The van der Waals surface area contributed by atoms with Crippen LogP contribution in [0.25, 0.3) is 0 Å². The van der Waals surface area contributed by atoms with Crippen LogP contribution >= 0.6 is 0 Å². The first-order valence-electron chi connectivity index (χ1n) is 6.93. The van der Waals surface area contributed by atoms with Gasteiger partial charge in [0.15, 0.2) is 0 Å². The van der Waals surface area contributed by atoms with Gasteiger partial charge in [-0.1, -0.05) is 0 Å². The Morgan fingerprint density at radius 2 is 2.16 bits per heavy atom. The summed E-state index contributed by atoms with van der Waals surface area (Å²) in [6, 6.07) is 0.297. The van der Waals surface area contributed by atoms with Gasteiger partial charge in [0.25, 0.3) is 0 Å². The third-order valence-corrected chi connectivity index (χ3v) is 3.64. The van der Waals surface area contributed by atoms with Crippen molar-refractivity contribution in [1.29, 1.82) is 0 Å². The third kappa shape index (κ3) is 5.86. The lowest BCUT2D eigenvalue weighted by molar-refractivity contribution is -0.123. The summed E-state index contributed by atoms with van der Waals surface area (Å²) in [5, 5.41) is 6.15. The number of hydrogen-bond acceptors (Lipinski definition) is 5. The molecule has 0 aliphatic carbocycles. The number of nitrogens with one attached hydrogen (secondary N) is 2. The fourth-order valence-corrected chi connectivity index (χ4v) is 2.16. The summed E-state index contributed by atoms with van der Waals surface area (Å²) in [6.07, 6.45) is 0. The van der Waals surface area contributed by atoms with Crippen LogP contribution in [0.2, 0.25) is 0 Å². The molecule has 2 N–H and O–H groups in total. The van der Waals surface area contributed by atoms with Gasteiger partial charge in [0, 0.05) is 45.9 Å². The van der Waals surface area contributed by atoms with Crippen molar-refractivity contribution in [3.63, 3.8) is 0 Å². The quantitative estimate of drug-likeness (QED) is 0.581. The molecular formula is C13H28N4O2. The Hall–Kier alpha value is -0.690. The van der Waals surface area contributed by atoms with E-state index in [-0.39, 0.29) is 11.9 Å². The van der Waals surface area contributed by atoms with E-state index in [4.69, 9.17) is 4.74 Å². The first kappa shape index (κ1) is 16.4. The standard InChI is InChI=1S/C13H28N4O2/c1-11(13(18)14-5-8-19-4)15-9-12-10-16(2)6-7-17(12)3/h11-12,15H,5-10H2,1-4H3,(H,14,18). The molecule has 0 aromatic rings. The molecule has 1 amide bonds. The maximum atomic E-state index is 11.8. The predicted molar refractivity (Wildman–Crippen MR) is 76.3 cm³/mol. The molecule has 1 saturated heterocycles. The van der Waals surface area contributed by atoms with E-state index in [2.05, 4.69) is 34.5 Å². The fourth-order valence-electron chi connectivity index (χ4n) is 2.16. The largest absolute Gasteiger partial charge is 0.383 e. The van der Waals surface area contributed by atoms with Crippen molar-refractivity contribution in [2.45, 2.75) is 19.0 Å². The van der Waals surface area contributed by atoms with Crippen LogP contribution in [0.1, 0.15) is 6.92 Å². The maximum absolute atomic E-state index is 11.8. The van der Waals surface area contributed by atoms with E-state index in [9.17, 15) is 4.79 Å². The Labute approximate surface area is 116 Å². The molecule has 1 aliphatic heterocycles. The molecule has 1 aliphatic rings. The number of rotatable bonds is 7. The van der Waals surface area contributed by atoms with Crippen LogP contribution in [0.3, 0.4) is 0 Å². The topological polar surface area (TPSA) is 56.8 Å². The molecular weight excluding hydrogens is 244 g/mol. The van der Waals surface area contributed by atoms with Gasteiger partial charge in [0.2, 0.25) is 5.91 Å². The predicted octanol–water partition coefficient (Wildman–Crippen LogP) is -1.03. The summed E-state index contributed by atoms with van der Waals surface area (Å²) in [4.78, 5) is 16.5. The first-order valence-corrected chi connectivity index (χ1v) is 6.93. The lowest BCUT2D eigenvalue weighted by Gasteiger charge is -2.38. The van der Waals surface area contributed by atoms with Crippen LogP contribution < -0.4 is 10.6 Å². The van der Waals surface area contributed by atoms with Crippen molar-refractivity contribution in [1.82, 2.24) is 20.4 Å². The molecule has 2 unspecified atom stereocenters.